The predicted molar refractivity (Wildman–Crippen MR) is 75.9 cm³/mol. The molecule has 0 aliphatic rings. The smallest absolute Gasteiger partial charge is 0.246 e. The number of hydrogen-bond donors (Lipinski definition) is 2. The Morgan fingerprint density at radius 3 is 2.42 bits per heavy atom. The molecule has 2 aromatic rings. The SMILES string of the molecule is CC(=O)N[C@H](C)C(=O)Nc1ccc2ccccc2c1. The second-order valence-corrected chi connectivity index (χ2v) is 4.47. The molecule has 4 nitrogen and oxygen atoms in total. The van der Waals surface area contributed by atoms with Crippen LogP contribution in [-0.4, -0.2) is 17.9 Å². The van der Waals surface area contributed by atoms with Crippen LogP contribution in [0.3, 0.4) is 0 Å². The molecule has 0 saturated carbocycles. The Labute approximate surface area is 111 Å². The van der Waals surface area contributed by atoms with Crippen LogP contribution in [0.2, 0.25) is 0 Å². The van der Waals surface area contributed by atoms with Gasteiger partial charge in [-0.2, -0.15) is 0 Å². The van der Waals surface area contributed by atoms with Gasteiger partial charge in [-0.25, -0.2) is 0 Å². The van der Waals surface area contributed by atoms with Crippen LogP contribution < -0.4 is 10.6 Å². The van der Waals surface area contributed by atoms with Crippen molar-refractivity contribution >= 4 is 28.3 Å². The number of benzene rings is 2. The highest BCUT2D eigenvalue weighted by Crippen LogP contribution is 2.18. The van der Waals surface area contributed by atoms with Gasteiger partial charge in [0.2, 0.25) is 11.8 Å². The van der Waals surface area contributed by atoms with E-state index < -0.39 is 6.04 Å². The third-order valence-electron chi connectivity index (χ3n) is 2.83. The van der Waals surface area contributed by atoms with E-state index >= 15 is 0 Å². The van der Waals surface area contributed by atoms with Crippen molar-refractivity contribution in [1.82, 2.24) is 5.32 Å². The number of carbonyl (C=O) groups is 2. The quantitative estimate of drug-likeness (QED) is 0.885. The Bertz CT molecular complexity index is 622. The zero-order valence-corrected chi connectivity index (χ0v) is 10.9. The minimum atomic E-state index is -0.552. The van der Waals surface area contributed by atoms with Gasteiger partial charge in [-0.3, -0.25) is 9.59 Å². The highest BCUT2D eigenvalue weighted by molar-refractivity contribution is 5.98. The van der Waals surface area contributed by atoms with Gasteiger partial charge in [-0.1, -0.05) is 30.3 Å². The van der Waals surface area contributed by atoms with E-state index in [9.17, 15) is 9.59 Å². The first kappa shape index (κ1) is 13.1. The molecule has 2 amide bonds. The Morgan fingerprint density at radius 1 is 1.05 bits per heavy atom. The fourth-order valence-electron chi connectivity index (χ4n) is 1.89. The highest BCUT2D eigenvalue weighted by atomic mass is 16.2. The first-order valence-electron chi connectivity index (χ1n) is 6.13. The van der Waals surface area contributed by atoms with E-state index in [1.165, 1.54) is 6.92 Å². The molecule has 0 aliphatic carbocycles. The summed E-state index contributed by atoms with van der Waals surface area (Å²) in [6.07, 6.45) is 0. The fraction of sp³-hybridized carbons (Fsp3) is 0.200. The van der Waals surface area contributed by atoms with Crippen LogP contribution in [0.25, 0.3) is 10.8 Å². The highest BCUT2D eigenvalue weighted by Gasteiger charge is 2.13. The summed E-state index contributed by atoms with van der Waals surface area (Å²) in [5.41, 5.74) is 0.723. The summed E-state index contributed by atoms with van der Waals surface area (Å²) < 4.78 is 0. The largest absolute Gasteiger partial charge is 0.345 e. The summed E-state index contributed by atoms with van der Waals surface area (Å²) >= 11 is 0. The average Bonchev–Trinajstić information content (AvgIpc) is 2.37. The molecule has 0 unspecified atom stereocenters. The maximum atomic E-state index is 11.9. The van der Waals surface area contributed by atoms with Gasteiger partial charge in [-0.05, 0) is 29.8 Å². The maximum absolute atomic E-state index is 11.9. The van der Waals surface area contributed by atoms with Gasteiger partial charge in [0.15, 0.2) is 0 Å². The summed E-state index contributed by atoms with van der Waals surface area (Å²) in [6.45, 7) is 3.04. The number of carbonyl (C=O) groups excluding carboxylic acids is 2. The maximum Gasteiger partial charge on any atom is 0.246 e. The van der Waals surface area contributed by atoms with Crippen molar-refractivity contribution in [2.24, 2.45) is 0 Å². The first-order chi connectivity index (χ1) is 9.06. The van der Waals surface area contributed by atoms with Crippen LogP contribution in [0, 0.1) is 0 Å². The molecule has 0 bridgehead atoms. The van der Waals surface area contributed by atoms with Crippen molar-refractivity contribution in [3.05, 3.63) is 42.5 Å². The zero-order chi connectivity index (χ0) is 13.8. The molecule has 2 aromatic carbocycles. The molecule has 0 saturated heterocycles. The molecule has 0 heterocycles. The number of amides is 2. The van der Waals surface area contributed by atoms with Crippen LogP contribution in [0.15, 0.2) is 42.5 Å². The molecule has 19 heavy (non-hydrogen) atoms. The first-order valence-corrected chi connectivity index (χ1v) is 6.13. The minimum absolute atomic E-state index is 0.221. The molecule has 0 radical (unpaired) electrons. The third kappa shape index (κ3) is 3.31. The Morgan fingerprint density at radius 2 is 1.74 bits per heavy atom. The van der Waals surface area contributed by atoms with Gasteiger partial charge in [0.05, 0.1) is 0 Å². The Balaban J connectivity index is 2.12. The average molecular weight is 256 g/mol. The van der Waals surface area contributed by atoms with E-state index in [2.05, 4.69) is 10.6 Å². The van der Waals surface area contributed by atoms with E-state index in [-0.39, 0.29) is 11.8 Å². The lowest BCUT2D eigenvalue weighted by Gasteiger charge is -2.13. The number of rotatable bonds is 3. The van der Waals surface area contributed by atoms with Crippen LogP contribution in [0.5, 0.6) is 0 Å². The number of hydrogen-bond acceptors (Lipinski definition) is 2. The normalized spacial score (nSPS) is 11.9. The zero-order valence-electron chi connectivity index (χ0n) is 10.9. The Kier molecular flexibility index (Phi) is 3.80. The van der Waals surface area contributed by atoms with Gasteiger partial charge in [0.1, 0.15) is 6.04 Å². The van der Waals surface area contributed by atoms with Crippen molar-refractivity contribution in [3.8, 4) is 0 Å². The Hall–Kier alpha value is -2.36. The second kappa shape index (κ2) is 5.52. The van der Waals surface area contributed by atoms with Crippen LogP contribution in [0.4, 0.5) is 5.69 Å². The third-order valence-corrected chi connectivity index (χ3v) is 2.83. The standard InChI is InChI=1S/C15H16N2O2/c1-10(16-11(2)18)15(19)17-14-8-7-12-5-3-4-6-13(12)9-14/h3-10H,1-2H3,(H,16,18)(H,17,19)/t10-/m1/s1. The van der Waals surface area contributed by atoms with Gasteiger partial charge in [-0.15, -0.1) is 0 Å². The number of anilines is 1. The van der Waals surface area contributed by atoms with Crippen molar-refractivity contribution in [2.75, 3.05) is 5.32 Å². The fourth-order valence-corrected chi connectivity index (χ4v) is 1.89. The number of nitrogens with one attached hydrogen (secondary N) is 2. The molecule has 0 fully saturated rings. The van der Waals surface area contributed by atoms with Crippen LogP contribution >= 0.6 is 0 Å². The van der Waals surface area contributed by atoms with E-state index in [0.29, 0.717) is 0 Å². The van der Waals surface area contributed by atoms with Gasteiger partial charge < -0.3 is 10.6 Å². The van der Waals surface area contributed by atoms with Crippen molar-refractivity contribution in [1.29, 1.82) is 0 Å². The van der Waals surface area contributed by atoms with Gasteiger partial charge >= 0.3 is 0 Å². The molecule has 4 heteroatoms. The molecule has 98 valence electrons. The van der Waals surface area contributed by atoms with E-state index in [1.54, 1.807) is 6.92 Å². The summed E-state index contributed by atoms with van der Waals surface area (Å²) in [5, 5.41) is 7.52. The monoisotopic (exact) mass is 256 g/mol. The summed E-state index contributed by atoms with van der Waals surface area (Å²) in [5.74, 6) is -0.452. The summed E-state index contributed by atoms with van der Waals surface area (Å²) in [4.78, 5) is 22.8. The molecule has 0 aromatic heterocycles. The van der Waals surface area contributed by atoms with E-state index in [4.69, 9.17) is 0 Å². The lowest BCUT2D eigenvalue weighted by molar-refractivity contribution is -0.124. The van der Waals surface area contributed by atoms with Gasteiger partial charge in [0, 0.05) is 12.6 Å². The summed E-state index contributed by atoms with van der Waals surface area (Å²) in [6, 6.07) is 13.1. The predicted octanol–water partition coefficient (Wildman–Crippen LogP) is 2.30. The lowest BCUT2D eigenvalue weighted by Crippen LogP contribution is -2.40. The molecular formula is C15H16N2O2. The van der Waals surface area contributed by atoms with Crippen LogP contribution in [-0.2, 0) is 9.59 Å². The number of fused-ring (bicyclic) bond motifs is 1. The van der Waals surface area contributed by atoms with E-state index in [1.807, 2.05) is 42.5 Å². The molecule has 1 atom stereocenters. The van der Waals surface area contributed by atoms with Crippen molar-refractivity contribution in [3.63, 3.8) is 0 Å². The van der Waals surface area contributed by atoms with Gasteiger partial charge in [0.25, 0.3) is 0 Å². The van der Waals surface area contributed by atoms with E-state index in [0.717, 1.165) is 16.5 Å². The lowest BCUT2D eigenvalue weighted by atomic mass is 10.1. The van der Waals surface area contributed by atoms with Crippen molar-refractivity contribution < 1.29 is 9.59 Å². The molecule has 0 spiro atoms. The molecular weight excluding hydrogens is 240 g/mol. The van der Waals surface area contributed by atoms with Crippen LogP contribution in [0.1, 0.15) is 13.8 Å². The summed E-state index contributed by atoms with van der Waals surface area (Å²) in [7, 11) is 0. The minimum Gasteiger partial charge on any atom is -0.345 e. The molecule has 0 aliphatic heterocycles. The second-order valence-electron chi connectivity index (χ2n) is 4.47. The molecule has 2 N–H and O–H groups in total. The molecule has 2 rings (SSSR count). The topological polar surface area (TPSA) is 58.2 Å². The van der Waals surface area contributed by atoms with Crippen molar-refractivity contribution in [2.45, 2.75) is 19.9 Å².